The molecule has 3 N–H and O–H groups in total. The number of hydrogen-bond donors (Lipinski definition) is 2. The molecule has 0 radical (unpaired) electrons. The lowest BCUT2D eigenvalue weighted by Crippen LogP contribution is -2.36. The lowest BCUT2D eigenvalue weighted by Gasteiger charge is -2.42. The number of carbonyl (C=O) groups is 1. The van der Waals surface area contributed by atoms with E-state index in [2.05, 4.69) is 108 Å². The molecule has 4 nitrogen and oxygen atoms in total. The summed E-state index contributed by atoms with van der Waals surface area (Å²) in [6.45, 7) is 2.32. The average molecular weight is 502 g/mol. The highest BCUT2D eigenvalue weighted by Crippen LogP contribution is 2.58. The van der Waals surface area contributed by atoms with Crippen LogP contribution in [0.1, 0.15) is 66.9 Å². The number of nitrogens with zero attached hydrogens (tertiary/aromatic N) is 1. The third-order valence-corrected chi connectivity index (χ3v) is 8.81. The molecule has 4 heteroatoms. The van der Waals surface area contributed by atoms with Gasteiger partial charge in [-0.25, -0.2) is 5.84 Å². The van der Waals surface area contributed by atoms with Gasteiger partial charge in [0, 0.05) is 28.0 Å². The number of para-hydroxylation sites is 2. The van der Waals surface area contributed by atoms with Crippen molar-refractivity contribution < 1.29 is 4.79 Å². The molecule has 1 unspecified atom stereocenters. The SMILES string of the molecule is CCC1(C2CCCCC2)c2cc(C(=O)NN)ccc2-c2ccc(N(c3ccccc3)c3ccccc3)cc21. The standard InChI is InChI=1S/C34H35N3O/c1-2-34(25-12-6-3-7-13-25)31-22-24(33(38)36-35)18-20-29(31)30-21-19-28(23-32(30)34)37(26-14-8-4-9-15-26)27-16-10-5-11-17-27/h4-5,8-11,14-23,25H,2-3,6-7,12-13,35H2,1H3,(H,36,38). The fourth-order valence-electron chi connectivity index (χ4n) is 7.10. The van der Waals surface area contributed by atoms with Crippen LogP contribution < -0.4 is 16.2 Å². The Morgan fingerprint density at radius 1 is 0.789 bits per heavy atom. The molecule has 0 saturated heterocycles. The molecule has 1 amide bonds. The minimum Gasteiger partial charge on any atom is -0.310 e. The highest BCUT2D eigenvalue weighted by Gasteiger charge is 2.48. The summed E-state index contributed by atoms with van der Waals surface area (Å²) in [6.07, 6.45) is 7.25. The van der Waals surface area contributed by atoms with Crippen LogP contribution >= 0.6 is 0 Å². The number of hydrazine groups is 1. The Morgan fingerprint density at radius 3 is 1.95 bits per heavy atom. The van der Waals surface area contributed by atoms with E-state index in [1.165, 1.54) is 54.4 Å². The number of fused-ring (bicyclic) bond motifs is 3. The first-order valence-corrected chi connectivity index (χ1v) is 13.9. The second-order valence-electron chi connectivity index (χ2n) is 10.6. The second kappa shape index (κ2) is 10.1. The average Bonchev–Trinajstić information content (AvgIpc) is 3.27. The summed E-state index contributed by atoms with van der Waals surface area (Å²) in [5.41, 5.74) is 11.5. The molecule has 192 valence electrons. The largest absolute Gasteiger partial charge is 0.310 e. The maximum Gasteiger partial charge on any atom is 0.265 e. The quantitative estimate of drug-likeness (QED) is 0.160. The Kier molecular flexibility index (Phi) is 6.50. The molecule has 1 fully saturated rings. The molecule has 4 aromatic rings. The van der Waals surface area contributed by atoms with Gasteiger partial charge in [0.15, 0.2) is 0 Å². The topological polar surface area (TPSA) is 58.4 Å². The van der Waals surface area contributed by atoms with Gasteiger partial charge in [-0.2, -0.15) is 0 Å². The number of benzene rings is 4. The zero-order valence-corrected chi connectivity index (χ0v) is 22.0. The summed E-state index contributed by atoms with van der Waals surface area (Å²) in [4.78, 5) is 14.9. The van der Waals surface area contributed by atoms with Crippen molar-refractivity contribution in [3.8, 4) is 11.1 Å². The van der Waals surface area contributed by atoms with E-state index < -0.39 is 0 Å². The maximum atomic E-state index is 12.6. The first-order chi connectivity index (χ1) is 18.7. The van der Waals surface area contributed by atoms with Crippen molar-refractivity contribution in [3.05, 3.63) is 114 Å². The van der Waals surface area contributed by atoms with Gasteiger partial charge in [0.2, 0.25) is 0 Å². The minimum absolute atomic E-state index is 0.134. The van der Waals surface area contributed by atoms with Gasteiger partial charge in [-0.15, -0.1) is 0 Å². The molecular weight excluding hydrogens is 466 g/mol. The first kappa shape index (κ1) is 24.4. The predicted molar refractivity (Wildman–Crippen MR) is 156 cm³/mol. The summed E-state index contributed by atoms with van der Waals surface area (Å²) < 4.78 is 0. The van der Waals surface area contributed by atoms with E-state index in [0.29, 0.717) is 11.5 Å². The highest BCUT2D eigenvalue weighted by molar-refractivity contribution is 5.96. The van der Waals surface area contributed by atoms with Crippen LogP contribution in [0, 0.1) is 5.92 Å². The summed E-state index contributed by atoms with van der Waals surface area (Å²) >= 11 is 0. The van der Waals surface area contributed by atoms with E-state index in [9.17, 15) is 4.79 Å². The Labute approximate surface area is 225 Å². The fraction of sp³-hybridized carbons (Fsp3) is 0.265. The predicted octanol–water partition coefficient (Wildman–Crippen LogP) is 8.02. The van der Waals surface area contributed by atoms with Crippen molar-refractivity contribution in [2.24, 2.45) is 11.8 Å². The van der Waals surface area contributed by atoms with Crippen LogP contribution in [0.25, 0.3) is 11.1 Å². The number of hydrogen-bond acceptors (Lipinski definition) is 3. The first-order valence-electron chi connectivity index (χ1n) is 13.9. The molecule has 0 spiro atoms. The van der Waals surface area contributed by atoms with Gasteiger partial charge in [-0.1, -0.05) is 74.7 Å². The number of nitrogens with two attached hydrogens (primary N) is 1. The molecule has 6 rings (SSSR count). The van der Waals surface area contributed by atoms with Crippen molar-refractivity contribution in [1.29, 1.82) is 0 Å². The smallest absolute Gasteiger partial charge is 0.265 e. The molecule has 2 aliphatic carbocycles. The molecule has 0 bridgehead atoms. The molecule has 4 aromatic carbocycles. The van der Waals surface area contributed by atoms with Crippen LogP contribution in [0.5, 0.6) is 0 Å². The van der Waals surface area contributed by atoms with Gasteiger partial charge in [-0.05, 0) is 96.0 Å². The van der Waals surface area contributed by atoms with Gasteiger partial charge in [-0.3, -0.25) is 10.2 Å². The molecular formula is C34H35N3O. The van der Waals surface area contributed by atoms with Crippen LogP contribution in [-0.4, -0.2) is 5.91 Å². The van der Waals surface area contributed by atoms with E-state index in [-0.39, 0.29) is 11.3 Å². The highest BCUT2D eigenvalue weighted by atomic mass is 16.2. The van der Waals surface area contributed by atoms with Crippen LogP contribution in [0.2, 0.25) is 0 Å². The number of nitrogens with one attached hydrogen (secondary N) is 1. The van der Waals surface area contributed by atoms with E-state index in [1.807, 2.05) is 6.07 Å². The molecule has 2 aliphatic rings. The summed E-state index contributed by atoms with van der Waals surface area (Å²) in [7, 11) is 0. The maximum absolute atomic E-state index is 12.6. The molecule has 0 heterocycles. The van der Waals surface area contributed by atoms with E-state index >= 15 is 0 Å². The van der Waals surface area contributed by atoms with Gasteiger partial charge < -0.3 is 4.90 Å². The Bertz CT molecular complexity index is 1400. The minimum atomic E-state index is -0.238. The Morgan fingerprint density at radius 2 is 1.37 bits per heavy atom. The Hall–Kier alpha value is -3.89. The van der Waals surface area contributed by atoms with Crippen LogP contribution in [-0.2, 0) is 5.41 Å². The summed E-state index contributed by atoms with van der Waals surface area (Å²) in [6, 6.07) is 34.3. The van der Waals surface area contributed by atoms with Crippen LogP contribution in [0.3, 0.4) is 0 Å². The van der Waals surface area contributed by atoms with Crippen molar-refractivity contribution >= 4 is 23.0 Å². The van der Waals surface area contributed by atoms with E-state index in [1.54, 1.807) is 0 Å². The van der Waals surface area contributed by atoms with Crippen molar-refractivity contribution in [3.63, 3.8) is 0 Å². The van der Waals surface area contributed by atoms with Crippen LogP contribution in [0.4, 0.5) is 17.1 Å². The molecule has 1 atom stereocenters. The van der Waals surface area contributed by atoms with Gasteiger partial charge in [0.1, 0.15) is 0 Å². The van der Waals surface area contributed by atoms with Crippen molar-refractivity contribution in [2.75, 3.05) is 4.90 Å². The summed E-state index contributed by atoms with van der Waals surface area (Å²) in [5.74, 6) is 5.83. The van der Waals surface area contributed by atoms with Gasteiger partial charge >= 0.3 is 0 Å². The fourth-order valence-corrected chi connectivity index (χ4v) is 7.10. The second-order valence-corrected chi connectivity index (χ2v) is 10.6. The lowest BCUT2D eigenvalue weighted by molar-refractivity contribution is 0.0953. The van der Waals surface area contributed by atoms with Gasteiger partial charge in [0.05, 0.1) is 0 Å². The van der Waals surface area contributed by atoms with E-state index in [4.69, 9.17) is 5.84 Å². The summed E-state index contributed by atoms with van der Waals surface area (Å²) in [5, 5.41) is 0. The normalized spacial score (nSPS) is 18.5. The zero-order chi connectivity index (χ0) is 26.1. The third-order valence-electron chi connectivity index (χ3n) is 8.81. The van der Waals surface area contributed by atoms with E-state index in [0.717, 1.165) is 23.5 Å². The number of amides is 1. The van der Waals surface area contributed by atoms with Gasteiger partial charge in [0.25, 0.3) is 5.91 Å². The van der Waals surface area contributed by atoms with Crippen molar-refractivity contribution in [2.45, 2.75) is 50.9 Å². The lowest BCUT2D eigenvalue weighted by atomic mass is 9.62. The third kappa shape index (κ3) is 3.91. The zero-order valence-electron chi connectivity index (χ0n) is 22.0. The number of anilines is 3. The van der Waals surface area contributed by atoms with Crippen LogP contribution in [0.15, 0.2) is 97.1 Å². The number of nitrogen functional groups attached to an aromatic ring is 1. The number of carbonyl (C=O) groups excluding carboxylic acids is 1. The molecule has 38 heavy (non-hydrogen) atoms. The molecule has 0 aromatic heterocycles. The molecule has 1 saturated carbocycles. The van der Waals surface area contributed by atoms with Crippen molar-refractivity contribution in [1.82, 2.24) is 5.43 Å². The monoisotopic (exact) mass is 501 g/mol. The number of rotatable bonds is 6. The molecule has 0 aliphatic heterocycles. The Balaban J connectivity index is 1.57.